The Balaban J connectivity index is 1.65. The number of carbonyl (C=O) groups is 1. The fraction of sp³-hybridized carbons (Fsp3) is 0.211. The van der Waals surface area contributed by atoms with Crippen molar-refractivity contribution in [1.29, 1.82) is 0 Å². The van der Waals surface area contributed by atoms with E-state index in [1.807, 2.05) is 32.0 Å². The van der Waals surface area contributed by atoms with Gasteiger partial charge in [0.25, 0.3) is 5.91 Å². The molecule has 27 heavy (non-hydrogen) atoms. The molecule has 2 aromatic carbocycles. The number of fused-ring (bicyclic) bond motifs is 1. The molecule has 0 saturated carbocycles. The quantitative estimate of drug-likeness (QED) is 0.604. The normalized spacial score (nSPS) is 14.7. The number of benzene rings is 2. The molecule has 0 aliphatic carbocycles. The van der Waals surface area contributed by atoms with Gasteiger partial charge in [0.05, 0.1) is 16.3 Å². The first-order valence-corrected chi connectivity index (χ1v) is 9.89. The van der Waals surface area contributed by atoms with Crippen LogP contribution in [0, 0.1) is 19.7 Å². The highest BCUT2D eigenvalue weighted by atomic mass is 32.2. The molecule has 0 saturated heterocycles. The molecule has 1 amide bonds. The van der Waals surface area contributed by atoms with Gasteiger partial charge in [-0.2, -0.15) is 0 Å². The van der Waals surface area contributed by atoms with Crippen molar-refractivity contribution in [1.82, 2.24) is 10.9 Å². The van der Waals surface area contributed by atoms with Crippen LogP contribution in [-0.2, 0) is 14.6 Å². The van der Waals surface area contributed by atoms with Crippen molar-refractivity contribution in [3.8, 4) is 5.75 Å². The topological polar surface area (TPSA) is 84.5 Å². The first-order valence-electron chi connectivity index (χ1n) is 8.24. The van der Waals surface area contributed by atoms with Crippen molar-refractivity contribution in [3.63, 3.8) is 0 Å². The van der Waals surface area contributed by atoms with Crippen LogP contribution in [0.3, 0.4) is 0 Å². The SMILES string of the molecule is Cc1ccc(C)c(OCC(=O)NNC2=CCS(=O)(=O)c3ccc(F)cc32)c1. The Morgan fingerprint density at radius 3 is 2.74 bits per heavy atom. The van der Waals surface area contributed by atoms with Crippen molar-refractivity contribution < 1.29 is 22.3 Å². The molecule has 0 atom stereocenters. The molecule has 6 nitrogen and oxygen atoms in total. The summed E-state index contributed by atoms with van der Waals surface area (Å²) in [5.41, 5.74) is 7.52. The molecule has 3 rings (SSSR count). The van der Waals surface area contributed by atoms with Crippen LogP contribution >= 0.6 is 0 Å². The summed E-state index contributed by atoms with van der Waals surface area (Å²) in [5.74, 6) is -0.644. The third-order valence-corrected chi connectivity index (χ3v) is 5.74. The van der Waals surface area contributed by atoms with Crippen LogP contribution in [0.2, 0.25) is 0 Å². The van der Waals surface area contributed by atoms with Crippen molar-refractivity contribution in [3.05, 3.63) is 65.0 Å². The standard InChI is InChI=1S/C19H19FN2O4S/c1-12-3-4-13(2)17(9-12)26-11-19(23)22-21-16-7-8-27(24,25)18-6-5-14(20)10-15(16)18/h3-7,9-10,21H,8,11H2,1-2H3,(H,22,23). The van der Waals surface area contributed by atoms with Crippen LogP contribution in [-0.4, -0.2) is 26.7 Å². The van der Waals surface area contributed by atoms with E-state index in [-0.39, 0.29) is 22.8 Å². The lowest BCUT2D eigenvalue weighted by molar-refractivity contribution is -0.123. The zero-order chi connectivity index (χ0) is 19.6. The molecule has 8 heteroatoms. The Morgan fingerprint density at radius 2 is 1.96 bits per heavy atom. The molecule has 0 unspecified atom stereocenters. The van der Waals surface area contributed by atoms with Gasteiger partial charge in [0.2, 0.25) is 0 Å². The lowest BCUT2D eigenvalue weighted by Crippen LogP contribution is -2.40. The van der Waals surface area contributed by atoms with Gasteiger partial charge in [0.1, 0.15) is 11.6 Å². The Bertz CT molecular complexity index is 1030. The number of amides is 1. The summed E-state index contributed by atoms with van der Waals surface area (Å²) in [4.78, 5) is 12.1. The fourth-order valence-corrected chi connectivity index (χ4v) is 4.02. The summed E-state index contributed by atoms with van der Waals surface area (Å²) < 4.78 is 43.2. The second-order valence-corrected chi connectivity index (χ2v) is 8.27. The van der Waals surface area contributed by atoms with Crippen molar-refractivity contribution in [2.45, 2.75) is 18.7 Å². The van der Waals surface area contributed by atoms with E-state index in [9.17, 15) is 17.6 Å². The molecule has 0 radical (unpaired) electrons. The lowest BCUT2D eigenvalue weighted by atomic mass is 10.1. The van der Waals surface area contributed by atoms with Gasteiger partial charge in [0, 0.05) is 5.56 Å². The smallest absolute Gasteiger partial charge is 0.276 e. The maximum absolute atomic E-state index is 13.5. The highest BCUT2D eigenvalue weighted by Gasteiger charge is 2.25. The molecule has 1 aliphatic heterocycles. The molecule has 0 spiro atoms. The summed E-state index contributed by atoms with van der Waals surface area (Å²) in [6, 6.07) is 9.12. The molecule has 1 heterocycles. The second kappa shape index (κ2) is 7.40. The molecule has 2 aromatic rings. The van der Waals surface area contributed by atoms with E-state index < -0.39 is 21.6 Å². The molecule has 0 fully saturated rings. The van der Waals surface area contributed by atoms with E-state index >= 15 is 0 Å². The number of halogens is 1. The number of nitrogens with one attached hydrogen (secondary N) is 2. The third kappa shape index (κ3) is 4.28. The van der Waals surface area contributed by atoms with E-state index in [1.165, 1.54) is 12.1 Å². The minimum atomic E-state index is -3.51. The van der Waals surface area contributed by atoms with Gasteiger partial charge in [-0.25, -0.2) is 12.8 Å². The van der Waals surface area contributed by atoms with Crippen LogP contribution in [0.5, 0.6) is 5.75 Å². The summed E-state index contributed by atoms with van der Waals surface area (Å²) in [7, 11) is -3.51. The number of hydrogen-bond donors (Lipinski definition) is 2. The van der Waals surface area contributed by atoms with E-state index in [4.69, 9.17) is 4.74 Å². The van der Waals surface area contributed by atoms with E-state index in [2.05, 4.69) is 10.9 Å². The largest absolute Gasteiger partial charge is 0.483 e. The fourth-order valence-electron chi connectivity index (χ4n) is 2.67. The van der Waals surface area contributed by atoms with E-state index in [0.29, 0.717) is 11.4 Å². The minimum absolute atomic E-state index is 0.0229. The number of hydrogen-bond acceptors (Lipinski definition) is 5. The van der Waals surface area contributed by atoms with Crippen LogP contribution in [0.25, 0.3) is 5.70 Å². The number of carbonyl (C=O) groups excluding carboxylic acids is 1. The summed E-state index contributed by atoms with van der Waals surface area (Å²) in [6.45, 7) is 3.58. The van der Waals surface area contributed by atoms with Crippen LogP contribution < -0.4 is 15.6 Å². The minimum Gasteiger partial charge on any atom is -0.483 e. The molecular weight excluding hydrogens is 371 g/mol. The Kier molecular flexibility index (Phi) is 5.18. The Labute approximate surface area is 156 Å². The molecule has 0 bridgehead atoms. The molecule has 0 aromatic heterocycles. The zero-order valence-corrected chi connectivity index (χ0v) is 15.7. The average Bonchev–Trinajstić information content (AvgIpc) is 2.61. The highest BCUT2D eigenvalue weighted by Crippen LogP contribution is 2.28. The molecule has 142 valence electrons. The van der Waals surface area contributed by atoms with Gasteiger partial charge in [-0.05, 0) is 55.3 Å². The van der Waals surface area contributed by atoms with Gasteiger partial charge >= 0.3 is 0 Å². The third-order valence-electron chi connectivity index (χ3n) is 4.11. The second-order valence-electron chi connectivity index (χ2n) is 6.27. The predicted octanol–water partition coefficient (Wildman–Crippen LogP) is 2.27. The van der Waals surface area contributed by atoms with E-state index in [0.717, 1.165) is 23.3 Å². The monoisotopic (exact) mass is 390 g/mol. The predicted molar refractivity (Wildman–Crippen MR) is 99.1 cm³/mol. The maximum atomic E-state index is 13.5. The molecular formula is C19H19FN2O4S. The number of ether oxygens (including phenoxy) is 1. The Hall–Kier alpha value is -2.87. The summed E-state index contributed by atoms with van der Waals surface area (Å²) in [6.07, 6.45) is 1.39. The van der Waals surface area contributed by atoms with Crippen LogP contribution in [0.4, 0.5) is 4.39 Å². The number of sulfone groups is 1. The lowest BCUT2D eigenvalue weighted by Gasteiger charge is -2.20. The van der Waals surface area contributed by atoms with Crippen molar-refractivity contribution in [2.24, 2.45) is 0 Å². The van der Waals surface area contributed by atoms with Gasteiger partial charge in [0.15, 0.2) is 16.4 Å². The highest BCUT2D eigenvalue weighted by molar-refractivity contribution is 7.91. The maximum Gasteiger partial charge on any atom is 0.276 e. The van der Waals surface area contributed by atoms with Crippen molar-refractivity contribution >= 4 is 21.4 Å². The molecule has 1 aliphatic rings. The van der Waals surface area contributed by atoms with Crippen molar-refractivity contribution in [2.75, 3.05) is 12.4 Å². The van der Waals surface area contributed by atoms with Gasteiger partial charge in [-0.15, -0.1) is 0 Å². The van der Waals surface area contributed by atoms with Crippen LogP contribution in [0.1, 0.15) is 16.7 Å². The number of rotatable bonds is 5. The van der Waals surface area contributed by atoms with Gasteiger partial charge in [-0.3, -0.25) is 15.6 Å². The van der Waals surface area contributed by atoms with Crippen LogP contribution in [0.15, 0.2) is 47.4 Å². The number of hydrazine groups is 1. The average molecular weight is 390 g/mol. The van der Waals surface area contributed by atoms with Gasteiger partial charge in [-0.1, -0.05) is 12.1 Å². The summed E-state index contributed by atoms with van der Waals surface area (Å²) in [5, 5.41) is 0. The first kappa shape index (κ1) is 18.9. The van der Waals surface area contributed by atoms with Gasteiger partial charge < -0.3 is 4.74 Å². The first-order chi connectivity index (χ1) is 12.8. The number of aryl methyl sites for hydroxylation is 2. The Morgan fingerprint density at radius 1 is 1.19 bits per heavy atom. The zero-order valence-electron chi connectivity index (χ0n) is 14.9. The molecule has 2 N–H and O–H groups in total. The summed E-state index contributed by atoms with van der Waals surface area (Å²) >= 11 is 0. The van der Waals surface area contributed by atoms with E-state index in [1.54, 1.807) is 0 Å².